The van der Waals surface area contributed by atoms with Gasteiger partial charge in [-0.05, 0) is 49.7 Å². The van der Waals surface area contributed by atoms with Crippen LogP contribution in [0.25, 0.3) is 0 Å². The molecule has 0 aliphatic rings. The average molecular weight is 389 g/mol. The van der Waals surface area contributed by atoms with Crippen LogP contribution in [0, 0.1) is 6.92 Å². The van der Waals surface area contributed by atoms with Gasteiger partial charge in [0.2, 0.25) is 11.8 Å². The first-order chi connectivity index (χ1) is 12.8. The van der Waals surface area contributed by atoms with Crippen molar-refractivity contribution in [2.75, 3.05) is 23.4 Å². The van der Waals surface area contributed by atoms with E-state index < -0.39 is 11.9 Å². The van der Waals surface area contributed by atoms with Gasteiger partial charge in [-0.3, -0.25) is 9.59 Å². The van der Waals surface area contributed by atoms with E-state index in [1.165, 1.54) is 11.8 Å². The maximum Gasteiger partial charge on any atom is 0.340 e. The lowest BCUT2D eigenvalue weighted by molar-refractivity contribution is -0.120. The SMILES string of the molecule is CCOC(=O)c1ccccc1NC(=O)CN(C(C)=O)c1ccc(Cl)cc1C. The molecule has 2 amide bonds. The van der Waals surface area contributed by atoms with Crippen LogP contribution in [0.4, 0.5) is 11.4 Å². The van der Waals surface area contributed by atoms with Crippen molar-refractivity contribution in [2.45, 2.75) is 20.8 Å². The summed E-state index contributed by atoms with van der Waals surface area (Å²) >= 11 is 5.96. The number of para-hydroxylation sites is 1. The van der Waals surface area contributed by atoms with Crippen LogP contribution in [-0.4, -0.2) is 30.9 Å². The Bertz CT molecular complexity index is 867. The average Bonchev–Trinajstić information content (AvgIpc) is 2.60. The minimum absolute atomic E-state index is 0.199. The van der Waals surface area contributed by atoms with Gasteiger partial charge in [0.15, 0.2) is 0 Å². The van der Waals surface area contributed by atoms with E-state index in [9.17, 15) is 14.4 Å². The zero-order valence-electron chi connectivity index (χ0n) is 15.4. The number of carbonyl (C=O) groups is 3. The third-order valence-corrected chi connectivity index (χ3v) is 4.06. The highest BCUT2D eigenvalue weighted by Crippen LogP contribution is 2.24. The van der Waals surface area contributed by atoms with Gasteiger partial charge in [-0.15, -0.1) is 0 Å². The summed E-state index contributed by atoms with van der Waals surface area (Å²) in [5.74, 6) is -1.24. The summed E-state index contributed by atoms with van der Waals surface area (Å²) in [6.07, 6.45) is 0. The molecule has 6 nitrogen and oxygen atoms in total. The summed E-state index contributed by atoms with van der Waals surface area (Å²) in [5.41, 5.74) is 1.96. The van der Waals surface area contributed by atoms with Crippen LogP contribution in [0.1, 0.15) is 29.8 Å². The molecule has 0 radical (unpaired) electrons. The summed E-state index contributed by atoms with van der Waals surface area (Å²) in [4.78, 5) is 38.0. The zero-order chi connectivity index (χ0) is 20.0. The Morgan fingerprint density at radius 3 is 2.48 bits per heavy atom. The van der Waals surface area contributed by atoms with Crippen molar-refractivity contribution in [3.8, 4) is 0 Å². The number of halogens is 1. The molecule has 0 spiro atoms. The number of nitrogens with one attached hydrogen (secondary N) is 1. The smallest absolute Gasteiger partial charge is 0.340 e. The summed E-state index contributed by atoms with van der Waals surface area (Å²) < 4.78 is 5.00. The van der Waals surface area contributed by atoms with E-state index in [1.54, 1.807) is 49.4 Å². The van der Waals surface area contributed by atoms with Crippen molar-refractivity contribution in [1.82, 2.24) is 0 Å². The molecule has 0 aliphatic heterocycles. The standard InChI is InChI=1S/C20H21ClN2O4/c1-4-27-20(26)16-7-5-6-8-17(16)22-19(25)12-23(14(3)24)18-10-9-15(21)11-13(18)2/h5-11H,4,12H2,1-3H3,(H,22,25). The zero-order valence-corrected chi connectivity index (χ0v) is 16.2. The van der Waals surface area contributed by atoms with Crippen LogP contribution in [0.5, 0.6) is 0 Å². The number of esters is 1. The highest BCUT2D eigenvalue weighted by molar-refractivity contribution is 6.30. The summed E-state index contributed by atoms with van der Waals surface area (Å²) in [6.45, 7) is 4.93. The third-order valence-electron chi connectivity index (χ3n) is 3.83. The number of rotatable bonds is 6. The van der Waals surface area contributed by atoms with E-state index in [0.717, 1.165) is 5.56 Å². The molecule has 2 aromatic carbocycles. The molecule has 0 heterocycles. The number of benzene rings is 2. The minimum atomic E-state index is -0.523. The second kappa shape index (κ2) is 9.19. The molecule has 0 unspecified atom stereocenters. The molecule has 0 fully saturated rings. The van der Waals surface area contributed by atoms with Gasteiger partial charge in [0.05, 0.1) is 17.9 Å². The summed E-state index contributed by atoms with van der Waals surface area (Å²) in [7, 11) is 0. The van der Waals surface area contributed by atoms with Crippen molar-refractivity contribution in [3.63, 3.8) is 0 Å². The molecular formula is C20H21ClN2O4. The van der Waals surface area contributed by atoms with Crippen LogP contribution >= 0.6 is 11.6 Å². The van der Waals surface area contributed by atoms with Crippen LogP contribution < -0.4 is 10.2 Å². The van der Waals surface area contributed by atoms with Crippen molar-refractivity contribution < 1.29 is 19.1 Å². The monoisotopic (exact) mass is 388 g/mol. The van der Waals surface area contributed by atoms with Gasteiger partial charge in [0.25, 0.3) is 0 Å². The van der Waals surface area contributed by atoms with Crippen LogP contribution in [-0.2, 0) is 14.3 Å². The van der Waals surface area contributed by atoms with E-state index in [-0.39, 0.29) is 24.6 Å². The second-order valence-electron chi connectivity index (χ2n) is 5.85. The Hall–Kier alpha value is -2.86. The molecule has 27 heavy (non-hydrogen) atoms. The highest BCUT2D eigenvalue weighted by Gasteiger charge is 2.20. The second-order valence-corrected chi connectivity index (χ2v) is 6.29. The Morgan fingerprint density at radius 1 is 1.15 bits per heavy atom. The first-order valence-electron chi connectivity index (χ1n) is 8.43. The molecule has 0 aliphatic carbocycles. The molecular weight excluding hydrogens is 368 g/mol. The van der Waals surface area contributed by atoms with E-state index in [2.05, 4.69) is 5.32 Å². The highest BCUT2D eigenvalue weighted by atomic mass is 35.5. The van der Waals surface area contributed by atoms with E-state index in [4.69, 9.17) is 16.3 Å². The van der Waals surface area contributed by atoms with Gasteiger partial charge >= 0.3 is 5.97 Å². The Morgan fingerprint density at radius 2 is 1.85 bits per heavy atom. The molecule has 2 rings (SSSR count). The fraction of sp³-hybridized carbons (Fsp3) is 0.250. The first kappa shape index (κ1) is 20.5. The van der Waals surface area contributed by atoms with Gasteiger partial charge in [-0.2, -0.15) is 0 Å². The number of anilines is 2. The lowest BCUT2D eigenvalue weighted by Gasteiger charge is -2.23. The molecule has 0 atom stereocenters. The normalized spacial score (nSPS) is 10.2. The third kappa shape index (κ3) is 5.31. The van der Waals surface area contributed by atoms with Crippen LogP contribution in [0.3, 0.4) is 0 Å². The number of amides is 2. The Labute approximate surface area is 163 Å². The van der Waals surface area contributed by atoms with Crippen LogP contribution in [0.2, 0.25) is 5.02 Å². The molecule has 142 valence electrons. The molecule has 0 saturated carbocycles. The van der Waals surface area contributed by atoms with Gasteiger partial charge in [0, 0.05) is 17.6 Å². The molecule has 1 N–H and O–H groups in total. The number of nitrogens with zero attached hydrogens (tertiary/aromatic N) is 1. The first-order valence-corrected chi connectivity index (χ1v) is 8.81. The predicted molar refractivity (Wildman–Crippen MR) is 105 cm³/mol. The van der Waals surface area contributed by atoms with E-state index >= 15 is 0 Å². The number of carbonyl (C=O) groups excluding carboxylic acids is 3. The predicted octanol–water partition coefficient (Wildman–Crippen LogP) is 3.82. The maximum atomic E-state index is 12.5. The van der Waals surface area contributed by atoms with E-state index in [1.807, 2.05) is 6.92 Å². The van der Waals surface area contributed by atoms with Crippen molar-refractivity contribution >= 4 is 40.8 Å². The van der Waals surface area contributed by atoms with Crippen molar-refractivity contribution in [1.29, 1.82) is 0 Å². The summed E-state index contributed by atoms with van der Waals surface area (Å²) in [5, 5.41) is 3.22. The van der Waals surface area contributed by atoms with Gasteiger partial charge < -0.3 is 15.0 Å². The van der Waals surface area contributed by atoms with E-state index in [0.29, 0.717) is 16.4 Å². The lowest BCUT2D eigenvalue weighted by Crippen LogP contribution is -2.37. The number of hydrogen-bond donors (Lipinski definition) is 1. The van der Waals surface area contributed by atoms with Gasteiger partial charge in [0.1, 0.15) is 6.54 Å². The van der Waals surface area contributed by atoms with Gasteiger partial charge in [-0.25, -0.2) is 4.79 Å². The quantitative estimate of drug-likeness (QED) is 0.763. The largest absolute Gasteiger partial charge is 0.462 e. The minimum Gasteiger partial charge on any atom is -0.462 e. The number of hydrogen-bond acceptors (Lipinski definition) is 4. The number of ether oxygens (including phenoxy) is 1. The lowest BCUT2D eigenvalue weighted by atomic mass is 10.1. The van der Waals surface area contributed by atoms with Crippen molar-refractivity contribution in [3.05, 3.63) is 58.6 Å². The topological polar surface area (TPSA) is 75.7 Å². The number of aryl methyl sites for hydroxylation is 1. The van der Waals surface area contributed by atoms with Crippen molar-refractivity contribution in [2.24, 2.45) is 0 Å². The fourth-order valence-corrected chi connectivity index (χ4v) is 2.83. The molecule has 2 aromatic rings. The molecule has 0 saturated heterocycles. The summed E-state index contributed by atoms with van der Waals surface area (Å²) in [6, 6.07) is 11.6. The van der Waals surface area contributed by atoms with Crippen LogP contribution in [0.15, 0.2) is 42.5 Å². The fourth-order valence-electron chi connectivity index (χ4n) is 2.60. The Kier molecular flexibility index (Phi) is 6.96. The van der Waals surface area contributed by atoms with Gasteiger partial charge in [-0.1, -0.05) is 23.7 Å². The Balaban J connectivity index is 2.20. The molecule has 0 aromatic heterocycles. The maximum absolute atomic E-state index is 12.5. The molecule has 0 bridgehead atoms. The molecule has 7 heteroatoms.